The van der Waals surface area contributed by atoms with Crippen LogP contribution >= 0.6 is 0 Å². The maximum Gasteiger partial charge on any atom is 0.129 e. The maximum atomic E-state index is 13.7. The van der Waals surface area contributed by atoms with Gasteiger partial charge in [-0.1, -0.05) is 84.9 Å². The molecule has 0 fully saturated rings. The number of fused-ring (bicyclic) bond motifs is 4. The molecule has 0 unspecified atom stereocenters. The van der Waals surface area contributed by atoms with Crippen molar-refractivity contribution in [3.63, 3.8) is 0 Å². The molecule has 1 N–H and O–H groups in total. The molecule has 3 nitrogen and oxygen atoms in total. The van der Waals surface area contributed by atoms with Gasteiger partial charge in [0.1, 0.15) is 18.2 Å². The lowest BCUT2D eigenvalue weighted by molar-refractivity contribution is 0.305. The summed E-state index contributed by atoms with van der Waals surface area (Å²) in [7, 11) is 0. The Balaban J connectivity index is 1.15. The van der Waals surface area contributed by atoms with Gasteiger partial charge in [0.2, 0.25) is 0 Å². The number of benzene rings is 5. The molecule has 3 atom stereocenters. The fourth-order valence-corrected chi connectivity index (χ4v) is 6.10. The lowest BCUT2D eigenvalue weighted by Gasteiger charge is -2.37. The zero-order valence-corrected chi connectivity index (χ0v) is 22.0. The summed E-state index contributed by atoms with van der Waals surface area (Å²) >= 11 is 0. The molecule has 0 amide bonds. The molecule has 0 spiro atoms. The van der Waals surface area contributed by atoms with Crippen molar-refractivity contribution in [1.82, 2.24) is 0 Å². The summed E-state index contributed by atoms with van der Waals surface area (Å²) in [5.74, 6) is 1.42. The molecule has 1 aliphatic heterocycles. The molecule has 0 radical (unpaired) electrons. The van der Waals surface area contributed by atoms with Crippen LogP contribution in [0, 0.1) is 11.7 Å². The van der Waals surface area contributed by atoms with E-state index >= 15 is 0 Å². The van der Waals surface area contributed by atoms with E-state index in [4.69, 9.17) is 9.73 Å². The highest BCUT2D eigenvalue weighted by molar-refractivity contribution is 6.03. The van der Waals surface area contributed by atoms with Gasteiger partial charge in [0, 0.05) is 23.4 Å². The van der Waals surface area contributed by atoms with Gasteiger partial charge < -0.3 is 10.1 Å². The van der Waals surface area contributed by atoms with E-state index in [1.165, 1.54) is 28.9 Å². The third kappa shape index (κ3) is 4.66. The second-order valence-electron chi connectivity index (χ2n) is 10.5. The fourth-order valence-electron chi connectivity index (χ4n) is 6.10. The number of hydrogen-bond acceptors (Lipinski definition) is 3. The predicted octanol–water partition coefficient (Wildman–Crippen LogP) is 9.13. The molecule has 0 aromatic heterocycles. The number of para-hydroxylation sites is 1. The first-order valence-electron chi connectivity index (χ1n) is 13.8. The van der Waals surface area contributed by atoms with E-state index in [9.17, 15) is 4.39 Å². The minimum atomic E-state index is -0.266. The third-order valence-corrected chi connectivity index (χ3v) is 8.08. The molecule has 5 aromatic rings. The van der Waals surface area contributed by atoms with Gasteiger partial charge in [-0.15, -0.1) is 0 Å². The topological polar surface area (TPSA) is 33.6 Å². The minimum absolute atomic E-state index is 0.258. The molecule has 5 aromatic carbocycles. The largest absolute Gasteiger partial charge is 0.488 e. The lowest BCUT2D eigenvalue weighted by Crippen LogP contribution is -2.28. The molecule has 0 bridgehead atoms. The van der Waals surface area contributed by atoms with Gasteiger partial charge in [-0.2, -0.15) is 0 Å². The summed E-state index contributed by atoms with van der Waals surface area (Å²) in [5, 5.41) is 5.97. The van der Waals surface area contributed by atoms with Gasteiger partial charge in [0.05, 0.1) is 11.7 Å². The van der Waals surface area contributed by atoms with Gasteiger partial charge in [-0.05, 0) is 76.2 Å². The Hall–Kier alpha value is -4.70. The number of allylic oxidation sites excluding steroid dienone is 2. The van der Waals surface area contributed by atoms with E-state index in [-0.39, 0.29) is 18.5 Å². The Labute approximate surface area is 233 Å². The molecule has 196 valence electrons. The predicted molar refractivity (Wildman–Crippen MR) is 161 cm³/mol. The first kappa shape index (κ1) is 24.3. The first-order chi connectivity index (χ1) is 19.7. The lowest BCUT2D eigenvalue weighted by atomic mass is 9.77. The van der Waals surface area contributed by atoms with Crippen LogP contribution in [0.15, 0.2) is 126 Å². The monoisotopic (exact) mass is 524 g/mol. The highest BCUT2D eigenvalue weighted by Gasteiger charge is 2.37. The summed E-state index contributed by atoms with van der Waals surface area (Å²) in [6, 6.07) is 36.2. The van der Waals surface area contributed by atoms with E-state index in [0.717, 1.165) is 34.0 Å². The van der Waals surface area contributed by atoms with Gasteiger partial charge in [-0.25, -0.2) is 4.39 Å². The van der Waals surface area contributed by atoms with Crippen LogP contribution in [0.5, 0.6) is 5.75 Å². The standard InChI is InChI=1S/C36H29FN2O/c37-27-9-5-7-24(21-27)23-40-35-20-17-25-8-1-2-10-29(25)33(35)22-38-28-18-15-26(16-19-28)36-32-13-6-12-30(32)31-11-3-4-14-34(31)39-36/h1-12,14-22,30,32,36,39H,13,23H2/t30-,32+,36+/m1/s1. The van der Waals surface area contributed by atoms with Crippen LogP contribution in [0.1, 0.15) is 40.6 Å². The first-order valence-corrected chi connectivity index (χ1v) is 13.8. The van der Waals surface area contributed by atoms with Crippen LogP contribution in [0.2, 0.25) is 0 Å². The summed E-state index contributed by atoms with van der Waals surface area (Å²) < 4.78 is 19.9. The van der Waals surface area contributed by atoms with Crippen molar-refractivity contribution < 1.29 is 9.13 Å². The van der Waals surface area contributed by atoms with Crippen LogP contribution in [0.4, 0.5) is 15.8 Å². The zero-order chi connectivity index (χ0) is 26.9. The SMILES string of the molecule is Fc1cccc(COc2ccc3ccccc3c2C=Nc2ccc([C@@H]3Nc4ccccc4[C@H]4C=CC[C@@H]43)cc2)c1. The third-order valence-electron chi connectivity index (χ3n) is 8.08. The highest BCUT2D eigenvalue weighted by atomic mass is 19.1. The van der Waals surface area contributed by atoms with Crippen molar-refractivity contribution in [2.75, 3.05) is 5.32 Å². The van der Waals surface area contributed by atoms with Gasteiger partial charge in [-0.3, -0.25) is 4.99 Å². The van der Waals surface area contributed by atoms with E-state index in [1.54, 1.807) is 6.07 Å². The van der Waals surface area contributed by atoms with Crippen LogP contribution < -0.4 is 10.1 Å². The number of halogens is 1. The minimum Gasteiger partial charge on any atom is -0.488 e. The summed E-state index contributed by atoms with van der Waals surface area (Å²) in [6.45, 7) is 0.278. The van der Waals surface area contributed by atoms with E-state index in [0.29, 0.717) is 17.6 Å². The van der Waals surface area contributed by atoms with Gasteiger partial charge in [0.25, 0.3) is 0 Å². The smallest absolute Gasteiger partial charge is 0.129 e. The molecule has 1 aliphatic carbocycles. The second-order valence-corrected chi connectivity index (χ2v) is 10.5. The molecular weight excluding hydrogens is 495 g/mol. The van der Waals surface area contributed by atoms with Crippen LogP contribution in [-0.4, -0.2) is 6.21 Å². The molecular formula is C36H29FN2O. The Morgan fingerprint density at radius 1 is 0.875 bits per heavy atom. The van der Waals surface area contributed by atoms with E-state index in [2.05, 4.69) is 78.1 Å². The summed E-state index contributed by atoms with van der Waals surface area (Å²) in [5.41, 5.74) is 6.46. The highest BCUT2D eigenvalue weighted by Crippen LogP contribution is 2.49. The van der Waals surface area contributed by atoms with E-state index in [1.807, 2.05) is 36.5 Å². The number of nitrogens with zero attached hydrogens (tertiary/aromatic N) is 1. The second kappa shape index (κ2) is 10.5. The Kier molecular flexibility index (Phi) is 6.37. The summed E-state index contributed by atoms with van der Waals surface area (Å²) in [6.07, 6.45) is 7.65. The number of ether oxygens (including phenoxy) is 1. The van der Waals surface area contributed by atoms with Crippen LogP contribution in [0.25, 0.3) is 10.8 Å². The molecule has 4 heteroatoms. The number of anilines is 1. The molecule has 7 rings (SSSR count). The van der Waals surface area contributed by atoms with Crippen molar-refractivity contribution in [2.45, 2.75) is 25.0 Å². The van der Waals surface area contributed by atoms with Crippen molar-refractivity contribution in [2.24, 2.45) is 10.9 Å². The average molecular weight is 525 g/mol. The quantitative estimate of drug-likeness (QED) is 0.177. The van der Waals surface area contributed by atoms with E-state index < -0.39 is 0 Å². The van der Waals surface area contributed by atoms with Gasteiger partial charge in [0.15, 0.2) is 0 Å². The molecule has 0 saturated carbocycles. The fraction of sp³-hybridized carbons (Fsp3) is 0.139. The zero-order valence-electron chi connectivity index (χ0n) is 22.0. The van der Waals surface area contributed by atoms with Crippen LogP contribution in [-0.2, 0) is 6.61 Å². The average Bonchev–Trinajstić information content (AvgIpc) is 3.50. The Bertz CT molecular complexity index is 1740. The number of hydrogen-bond donors (Lipinski definition) is 1. The van der Waals surface area contributed by atoms with Crippen molar-refractivity contribution in [1.29, 1.82) is 0 Å². The normalized spacial score (nSPS) is 19.4. The van der Waals surface area contributed by atoms with Gasteiger partial charge >= 0.3 is 0 Å². The number of aliphatic imine (C=N–C) groups is 1. The van der Waals surface area contributed by atoms with Crippen molar-refractivity contribution in [3.05, 3.63) is 149 Å². The maximum absolute atomic E-state index is 13.7. The molecule has 40 heavy (non-hydrogen) atoms. The van der Waals surface area contributed by atoms with Crippen molar-refractivity contribution in [3.8, 4) is 5.75 Å². The molecule has 2 aliphatic rings. The Morgan fingerprint density at radius 3 is 2.62 bits per heavy atom. The molecule has 1 heterocycles. The van der Waals surface area contributed by atoms with Crippen LogP contribution in [0.3, 0.4) is 0 Å². The Morgan fingerprint density at radius 2 is 1.73 bits per heavy atom. The van der Waals surface area contributed by atoms with Crippen molar-refractivity contribution >= 4 is 28.4 Å². The number of nitrogens with one attached hydrogen (secondary N) is 1. The molecule has 0 saturated heterocycles. The number of rotatable bonds is 6. The summed E-state index contributed by atoms with van der Waals surface area (Å²) in [4.78, 5) is 4.85.